The molecule has 1 aromatic carbocycles. The zero-order valence-electron chi connectivity index (χ0n) is 14.9. The second-order valence-corrected chi connectivity index (χ2v) is 6.49. The summed E-state index contributed by atoms with van der Waals surface area (Å²) in [5.41, 5.74) is 1.98. The largest absolute Gasteiger partial charge is 0.497 e. The average molecular weight is 361 g/mol. The molecule has 0 radical (unpaired) electrons. The molecule has 27 heavy (non-hydrogen) atoms. The number of hydrogen-bond acceptors (Lipinski definition) is 7. The van der Waals surface area contributed by atoms with Gasteiger partial charge in [-0.3, -0.25) is 4.79 Å². The van der Waals surface area contributed by atoms with E-state index < -0.39 is 0 Å². The van der Waals surface area contributed by atoms with Gasteiger partial charge in [0.15, 0.2) is 5.78 Å². The van der Waals surface area contributed by atoms with Gasteiger partial charge >= 0.3 is 0 Å². The minimum Gasteiger partial charge on any atom is -0.497 e. The fraction of sp³-hybridized carbons (Fsp3) is 0.250. The fourth-order valence-corrected chi connectivity index (χ4v) is 2.96. The first-order chi connectivity index (χ1) is 13.2. The summed E-state index contributed by atoms with van der Waals surface area (Å²) in [5.74, 6) is 1.50. The molecular formula is C20H19N5O2. The molecule has 0 amide bonds. The maximum absolute atomic E-state index is 12.6. The van der Waals surface area contributed by atoms with Gasteiger partial charge in [0.1, 0.15) is 12.1 Å². The highest BCUT2D eigenvalue weighted by atomic mass is 16.5. The fourth-order valence-electron chi connectivity index (χ4n) is 2.96. The van der Waals surface area contributed by atoms with Crippen molar-refractivity contribution in [2.75, 3.05) is 12.4 Å². The summed E-state index contributed by atoms with van der Waals surface area (Å²) in [4.78, 5) is 29.5. The van der Waals surface area contributed by atoms with Gasteiger partial charge in [-0.1, -0.05) is 12.1 Å². The van der Waals surface area contributed by atoms with Gasteiger partial charge in [-0.2, -0.15) is 0 Å². The molecule has 2 aromatic heterocycles. The number of methoxy groups -OCH3 is 1. The molecule has 1 unspecified atom stereocenters. The topological polar surface area (TPSA) is 89.9 Å². The third-order valence-corrected chi connectivity index (χ3v) is 4.56. The van der Waals surface area contributed by atoms with E-state index in [-0.39, 0.29) is 11.8 Å². The quantitative estimate of drug-likeness (QED) is 0.647. The van der Waals surface area contributed by atoms with Gasteiger partial charge in [0.2, 0.25) is 5.95 Å². The van der Waals surface area contributed by atoms with Crippen molar-refractivity contribution in [3.63, 3.8) is 0 Å². The number of carbonyl (C=O) groups excluding carboxylic acids is 1. The molecule has 1 aliphatic rings. The summed E-state index contributed by atoms with van der Waals surface area (Å²) < 4.78 is 5.17. The predicted octanol–water partition coefficient (Wildman–Crippen LogP) is 3.07. The smallest absolute Gasteiger partial charge is 0.223 e. The van der Waals surface area contributed by atoms with Crippen molar-refractivity contribution in [3.05, 3.63) is 72.1 Å². The highest BCUT2D eigenvalue weighted by Crippen LogP contribution is 2.42. The lowest BCUT2D eigenvalue weighted by atomic mass is 10.1. The van der Waals surface area contributed by atoms with E-state index in [4.69, 9.17) is 4.74 Å². The van der Waals surface area contributed by atoms with Crippen molar-refractivity contribution in [3.8, 4) is 5.75 Å². The standard InChI is InChI=1S/C20H19N5O2/c1-27-17-4-2-3-14(7-17)19(26)16-10-23-20(24-11-16)25-18(13-5-6-13)15-8-21-12-22-9-15/h2-4,7-13,18H,5-6H2,1H3,(H,23,24,25). The molecule has 3 aromatic rings. The minimum atomic E-state index is -0.143. The number of benzene rings is 1. The first kappa shape index (κ1) is 17.1. The molecule has 1 N–H and O–H groups in total. The Morgan fingerprint density at radius 2 is 1.85 bits per heavy atom. The highest BCUT2D eigenvalue weighted by molar-refractivity contribution is 6.08. The van der Waals surface area contributed by atoms with E-state index in [0.29, 0.717) is 28.7 Å². The number of ether oxygens (including phenoxy) is 1. The van der Waals surface area contributed by atoms with Crippen LogP contribution in [0.3, 0.4) is 0 Å². The maximum atomic E-state index is 12.6. The number of ketones is 1. The number of anilines is 1. The molecule has 1 aliphatic carbocycles. The Balaban J connectivity index is 1.50. The molecule has 7 heteroatoms. The van der Waals surface area contributed by atoms with Crippen LogP contribution in [0.5, 0.6) is 5.75 Å². The lowest BCUT2D eigenvalue weighted by Gasteiger charge is -2.17. The van der Waals surface area contributed by atoms with Crippen LogP contribution in [0, 0.1) is 5.92 Å². The molecule has 4 rings (SSSR count). The Labute approximate surface area is 156 Å². The molecule has 0 aliphatic heterocycles. The summed E-state index contributed by atoms with van der Waals surface area (Å²) in [6, 6.07) is 7.10. The van der Waals surface area contributed by atoms with Gasteiger partial charge in [-0.05, 0) is 30.9 Å². The molecule has 0 saturated heterocycles. The summed E-state index contributed by atoms with van der Waals surface area (Å²) in [5, 5.41) is 3.35. The highest BCUT2D eigenvalue weighted by Gasteiger charge is 2.33. The van der Waals surface area contributed by atoms with Crippen molar-refractivity contribution in [2.45, 2.75) is 18.9 Å². The van der Waals surface area contributed by atoms with Crippen LogP contribution in [0.15, 0.2) is 55.4 Å². The maximum Gasteiger partial charge on any atom is 0.223 e. The van der Waals surface area contributed by atoms with Crippen molar-refractivity contribution >= 4 is 11.7 Å². The van der Waals surface area contributed by atoms with Gasteiger partial charge in [-0.15, -0.1) is 0 Å². The summed E-state index contributed by atoms with van der Waals surface area (Å²) in [7, 11) is 1.57. The Morgan fingerprint density at radius 3 is 2.52 bits per heavy atom. The predicted molar refractivity (Wildman–Crippen MR) is 99.6 cm³/mol. The van der Waals surface area contributed by atoms with E-state index in [1.165, 1.54) is 6.33 Å². The summed E-state index contributed by atoms with van der Waals surface area (Å²) >= 11 is 0. The Hall–Kier alpha value is -3.35. The Kier molecular flexibility index (Phi) is 4.74. The number of aromatic nitrogens is 4. The minimum absolute atomic E-state index is 0.0751. The van der Waals surface area contributed by atoms with E-state index in [2.05, 4.69) is 25.3 Å². The molecular weight excluding hydrogens is 342 g/mol. The van der Waals surface area contributed by atoms with Crippen LogP contribution in [0.2, 0.25) is 0 Å². The van der Waals surface area contributed by atoms with Gasteiger partial charge < -0.3 is 10.1 Å². The van der Waals surface area contributed by atoms with E-state index in [9.17, 15) is 4.79 Å². The van der Waals surface area contributed by atoms with E-state index >= 15 is 0 Å². The molecule has 1 fully saturated rings. The monoisotopic (exact) mass is 361 g/mol. The number of hydrogen-bond donors (Lipinski definition) is 1. The van der Waals surface area contributed by atoms with E-state index in [1.807, 2.05) is 12.4 Å². The molecule has 1 atom stereocenters. The van der Waals surface area contributed by atoms with Crippen LogP contribution in [0.1, 0.15) is 40.4 Å². The van der Waals surface area contributed by atoms with Crippen LogP contribution in [-0.2, 0) is 0 Å². The van der Waals surface area contributed by atoms with Crippen molar-refractivity contribution in [1.82, 2.24) is 19.9 Å². The second kappa shape index (κ2) is 7.49. The molecule has 2 heterocycles. The zero-order valence-corrected chi connectivity index (χ0v) is 14.9. The SMILES string of the molecule is COc1cccc(C(=O)c2cnc(NC(c3cncnc3)C3CC3)nc2)c1. The molecule has 0 spiro atoms. The van der Waals surface area contributed by atoms with Crippen LogP contribution in [0.25, 0.3) is 0 Å². The lowest BCUT2D eigenvalue weighted by molar-refractivity contribution is 0.103. The normalized spacial score (nSPS) is 14.4. The van der Waals surface area contributed by atoms with Gasteiger partial charge in [-0.25, -0.2) is 19.9 Å². The Bertz CT molecular complexity index is 927. The molecule has 136 valence electrons. The van der Waals surface area contributed by atoms with Gasteiger partial charge in [0.25, 0.3) is 0 Å². The van der Waals surface area contributed by atoms with Gasteiger partial charge in [0.05, 0.1) is 18.7 Å². The van der Waals surface area contributed by atoms with Crippen LogP contribution in [0.4, 0.5) is 5.95 Å². The first-order valence-electron chi connectivity index (χ1n) is 8.77. The molecule has 7 nitrogen and oxygen atoms in total. The van der Waals surface area contributed by atoms with Crippen LogP contribution in [-0.4, -0.2) is 32.8 Å². The van der Waals surface area contributed by atoms with Crippen LogP contribution >= 0.6 is 0 Å². The summed E-state index contributed by atoms with van der Waals surface area (Å²) in [6.07, 6.45) is 10.5. The van der Waals surface area contributed by atoms with Crippen molar-refractivity contribution in [1.29, 1.82) is 0 Å². The average Bonchev–Trinajstić information content (AvgIpc) is 3.58. The third-order valence-electron chi connectivity index (χ3n) is 4.56. The zero-order chi connectivity index (χ0) is 18.6. The van der Waals surface area contributed by atoms with Crippen molar-refractivity contribution < 1.29 is 9.53 Å². The first-order valence-corrected chi connectivity index (χ1v) is 8.77. The third kappa shape index (κ3) is 3.92. The lowest BCUT2D eigenvalue weighted by Crippen LogP contribution is -2.16. The van der Waals surface area contributed by atoms with Gasteiger partial charge in [0, 0.05) is 35.9 Å². The molecule has 0 bridgehead atoms. The summed E-state index contributed by atoms with van der Waals surface area (Å²) in [6.45, 7) is 0. The number of carbonyl (C=O) groups is 1. The van der Waals surface area contributed by atoms with E-state index in [1.54, 1.807) is 43.8 Å². The number of nitrogens with one attached hydrogen (secondary N) is 1. The second-order valence-electron chi connectivity index (χ2n) is 6.49. The molecule has 1 saturated carbocycles. The Morgan fingerprint density at radius 1 is 1.11 bits per heavy atom. The van der Waals surface area contributed by atoms with Crippen molar-refractivity contribution in [2.24, 2.45) is 5.92 Å². The van der Waals surface area contributed by atoms with E-state index in [0.717, 1.165) is 18.4 Å². The number of nitrogens with zero attached hydrogens (tertiary/aromatic N) is 4. The number of rotatable bonds is 7. The van der Waals surface area contributed by atoms with Crippen LogP contribution < -0.4 is 10.1 Å².